The number of thioether (sulfide) groups is 1. The fourth-order valence-electron chi connectivity index (χ4n) is 1.66. The molecule has 1 fully saturated rings. The Labute approximate surface area is 88.8 Å². The van der Waals surface area contributed by atoms with Crippen LogP contribution < -0.4 is 5.43 Å². The molecule has 4 nitrogen and oxygen atoms in total. The van der Waals surface area contributed by atoms with Crippen LogP contribution in [0.3, 0.4) is 0 Å². The third-order valence-corrected chi connectivity index (χ3v) is 3.29. The van der Waals surface area contributed by atoms with Gasteiger partial charge in [0, 0.05) is 18.5 Å². The third kappa shape index (κ3) is 2.99. The molecule has 2 aliphatic rings. The largest absolute Gasteiger partial charge is 0.303 e. The Bertz CT molecular complexity index is 233. The van der Waals surface area contributed by atoms with E-state index in [0.29, 0.717) is 0 Å². The van der Waals surface area contributed by atoms with Crippen LogP contribution in [-0.4, -0.2) is 48.2 Å². The predicted octanol–water partition coefficient (Wildman–Crippen LogP) is 0.760. The van der Waals surface area contributed by atoms with E-state index in [4.69, 9.17) is 0 Å². The van der Waals surface area contributed by atoms with Crippen molar-refractivity contribution in [1.82, 2.24) is 10.3 Å². The van der Waals surface area contributed by atoms with Gasteiger partial charge in [0.05, 0.1) is 6.54 Å². The molecule has 0 aliphatic carbocycles. The van der Waals surface area contributed by atoms with Crippen LogP contribution in [0.5, 0.6) is 0 Å². The summed E-state index contributed by atoms with van der Waals surface area (Å²) in [6, 6.07) is 0. The second-order valence-corrected chi connectivity index (χ2v) is 4.55. The van der Waals surface area contributed by atoms with Crippen LogP contribution in [-0.2, 0) is 0 Å². The first-order chi connectivity index (χ1) is 6.95. The lowest BCUT2D eigenvalue weighted by molar-refractivity contribution is 0.362. The van der Waals surface area contributed by atoms with E-state index in [2.05, 4.69) is 20.4 Å². The van der Waals surface area contributed by atoms with Crippen molar-refractivity contribution in [2.45, 2.75) is 12.8 Å². The highest BCUT2D eigenvalue weighted by Gasteiger charge is 2.11. The molecule has 2 heterocycles. The highest BCUT2D eigenvalue weighted by molar-refractivity contribution is 8.13. The summed E-state index contributed by atoms with van der Waals surface area (Å²) in [6.07, 6.45) is 4.52. The molecule has 2 rings (SSSR count). The summed E-state index contributed by atoms with van der Waals surface area (Å²) >= 11 is 1.77. The van der Waals surface area contributed by atoms with Crippen LogP contribution in [0.1, 0.15) is 12.8 Å². The number of nitrogens with one attached hydrogen (secondary N) is 1. The van der Waals surface area contributed by atoms with Crippen LogP contribution >= 0.6 is 11.8 Å². The lowest BCUT2D eigenvalue weighted by Crippen LogP contribution is -2.25. The number of rotatable bonds is 3. The Balaban J connectivity index is 1.60. The monoisotopic (exact) mass is 212 g/mol. The van der Waals surface area contributed by atoms with Crippen LogP contribution in [0.4, 0.5) is 0 Å². The molecule has 0 bridgehead atoms. The van der Waals surface area contributed by atoms with Gasteiger partial charge in [-0.2, -0.15) is 5.10 Å². The summed E-state index contributed by atoms with van der Waals surface area (Å²) < 4.78 is 0. The molecule has 0 spiro atoms. The molecular formula is C9H16N4S. The van der Waals surface area contributed by atoms with Crippen molar-refractivity contribution in [2.75, 3.05) is 31.9 Å². The highest BCUT2D eigenvalue weighted by atomic mass is 32.2. The standard InChI is InChI=1S/C9H16N4S/c1-2-6-13(5-1)7-8-14-9-10-3-4-11-12-9/h4H,1-3,5-8H2,(H,10,12). The maximum absolute atomic E-state index is 4.29. The van der Waals surface area contributed by atoms with Gasteiger partial charge in [-0.25, -0.2) is 0 Å². The predicted molar refractivity (Wildman–Crippen MR) is 62.1 cm³/mol. The second kappa shape index (κ2) is 5.36. The smallest absolute Gasteiger partial charge is 0.177 e. The molecule has 0 unspecified atom stereocenters. The summed E-state index contributed by atoms with van der Waals surface area (Å²) in [5.41, 5.74) is 2.91. The minimum atomic E-state index is 0.721. The molecule has 2 aliphatic heterocycles. The van der Waals surface area contributed by atoms with E-state index in [9.17, 15) is 0 Å². The van der Waals surface area contributed by atoms with E-state index in [1.807, 2.05) is 0 Å². The summed E-state index contributed by atoms with van der Waals surface area (Å²) in [6.45, 7) is 4.45. The summed E-state index contributed by atoms with van der Waals surface area (Å²) in [4.78, 5) is 6.81. The zero-order chi connectivity index (χ0) is 9.64. The number of hydrogen-bond acceptors (Lipinski definition) is 5. The van der Waals surface area contributed by atoms with E-state index < -0.39 is 0 Å². The van der Waals surface area contributed by atoms with E-state index in [1.54, 1.807) is 18.0 Å². The molecule has 0 aromatic rings. The number of hydrazone groups is 1. The number of hydrogen-bond donors (Lipinski definition) is 1. The minimum Gasteiger partial charge on any atom is -0.303 e. The summed E-state index contributed by atoms with van der Waals surface area (Å²) in [5, 5.41) is 4.93. The molecule has 1 saturated heterocycles. The fourth-order valence-corrected chi connectivity index (χ4v) is 2.48. The Morgan fingerprint density at radius 1 is 1.43 bits per heavy atom. The van der Waals surface area contributed by atoms with Gasteiger partial charge < -0.3 is 4.90 Å². The Morgan fingerprint density at radius 3 is 3.00 bits per heavy atom. The van der Waals surface area contributed by atoms with Crippen molar-refractivity contribution in [3.8, 4) is 0 Å². The topological polar surface area (TPSA) is 40.0 Å². The van der Waals surface area contributed by atoms with Gasteiger partial charge in [0.1, 0.15) is 0 Å². The molecule has 0 amide bonds. The maximum Gasteiger partial charge on any atom is 0.177 e. The van der Waals surface area contributed by atoms with Crippen molar-refractivity contribution in [3.05, 3.63) is 0 Å². The van der Waals surface area contributed by atoms with Gasteiger partial charge in [0.15, 0.2) is 5.17 Å². The number of aliphatic imine (C=N–C) groups is 1. The van der Waals surface area contributed by atoms with E-state index >= 15 is 0 Å². The van der Waals surface area contributed by atoms with Gasteiger partial charge in [0.2, 0.25) is 0 Å². The summed E-state index contributed by atoms with van der Waals surface area (Å²) in [7, 11) is 0. The number of nitrogens with zero attached hydrogens (tertiary/aromatic N) is 3. The normalized spacial score (nSPS) is 22.1. The molecule has 14 heavy (non-hydrogen) atoms. The zero-order valence-corrected chi connectivity index (χ0v) is 9.09. The fraction of sp³-hybridized carbons (Fsp3) is 0.778. The molecule has 78 valence electrons. The Morgan fingerprint density at radius 2 is 2.29 bits per heavy atom. The lowest BCUT2D eigenvalue weighted by atomic mass is 10.4. The third-order valence-electron chi connectivity index (χ3n) is 2.41. The first kappa shape index (κ1) is 9.98. The maximum atomic E-state index is 4.29. The molecule has 0 aromatic carbocycles. The van der Waals surface area contributed by atoms with Crippen molar-refractivity contribution in [3.63, 3.8) is 0 Å². The molecule has 0 radical (unpaired) electrons. The number of likely N-dealkylation sites (tertiary alicyclic amines) is 1. The quantitative estimate of drug-likeness (QED) is 0.751. The average molecular weight is 212 g/mol. The SMILES string of the molecule is C1=NNC(SCCN2CCCC2)=NC1. The van der Waals surface area contributed by atoms with Crippen molar-refractivity contribution >= 4 is 23.1 Å². The van der Waals surface area contributed by atoms with Gasteiger partial charge in [-0.3, -0.25) is 10.4 Å². The molecule has 0 saturated carbocycles. The van der Waals surface area contributed by atoms with Crippen molar-refractivity contribution in [2.24, 2.45) is 10.1 Å². The van der Waals surface area contributed by atoms with Crippen molar-refractivity contribution in [1.29, 1.82) is 0 Å². The Kier molecular flexibility index (Phi) is 3.82. The van der Waals surface area contributed by atoms with Crippen LogP contribution in [0.15, 0.2) is 10.1 Å². The first-order valence-electron chi connectivity index (χ1n) is 5.12. The van der Waals surface area contributed by atoms with Gasteiger partial charge in [0.25, 0.3) is 0 Å². The van der Waals surface area contributed by atoms with Gasteiger partial charge in [-0.1, -0.05) is 11.8 Å². The molecule has 0 aromatic heterocycles. The van der Waals surface area contributed by atoms with Gasteiger partial charge in [-0.05, 0) is 25.9 Å². The molecular weight excluding hydrogens is 196 g/mol. The molecule has 1 N–H and O–H groups in total. The van der Waals surface area contributed by atoms with E-state index in [-0.39, 0.29) is 0 Å². The van der Waals surface area contributed by atoms with Gasteiger partial charge in [-0.15, -0.1) is 0 Å². The first-order valence-corrected chi connectivity index (χ1v) is 6.11. The average Bonchev–Trinajstić information content (AvgIpc) is 2.72. The summed E-state index contributed by atoms with van der Waals surface area (Å²) in [5.74, 6) is 1.11. The zero-order valence-electron chi connectivity index (χ0n) is 8.28. The molecule has 5 heteroatoms. The molecule has 0 atom stereocenters. The van der Waals surface area contributed by atoms with Crippen LogP contribution in [0, 0.1) is 0 Å². The lowest BCUT2D eigenvalue weighted by Gasteiger charge is -2.14. The van der Waals surface area contributed by atoms with Crippen molar-refractivity contribution < 1.29 is 0 Å². The van der Waals surface area contributed by atoms with E-state index in [1.165, 1.54) is 32.5 Å². The van der Waals surface area contributed by atoms with Gasteiger partial charge >= 0.3 is 0 Å². The van der Waals surface area contributed by atoms with Crippen LogP contribution in [0.2, 0.25) is 0 Å². The number of amidine groups is 1. The van der Waals surface area contributed by atoms with Crippen LogP contribution in [0.25, 0.3) is 0 Å². The highest BCUT2D eigenvalue weighted by Crippen LogP contribution is 2.10. The second-order valence-electron chi connectivity index (χ2n) is 3.47. The van der Waals surface area contributed by atoms with E-state index in [0.717, 1.165) is 17.5 Å². The minimum absolute atomic E-state index is 0.721. The Hall–Kier alpha value is -0.550.